The molecule has 10 heteroatoms. The van der Waals surface area contributed by atoms with E-state index in [0.29, 0.717) is 41.9 Å². The van der Waals surface area contributed by atoms with Crippen LogP contribution >= 0.6 is 0 Å². The Labute approximate surface area is 228 Å². The molecular formula is C29H33FN4O4S. The van der Waals surface area contributed by atoms with Crippen molar-refractivity contribution in [2.75, 3.05) is 26.5 Å². The first-order valence-electron chi connectivity index (χ1n) is 12.7. The van der Waals surface area contributed by atoms with Gasteiger partial charge in [0, 0.05) is 54.2 Å². The van der Waals surface area contributed by atoms with E-state index in [-0.39, 0.29) is 16.6 Å². The number of nitrogens with one attached hydrogen (secondary N) is 2. The quantitative estimate of drug-likeness (QED) is 0.374. The number of methoxy groups -OCH3 is 1. The number of hydrogen-bond acceptors (Lipinski definition) is 6. The molecule has 0 aliphatic carbocycles. The molecule has 1 amide bonds. The highest BCUT2D eigenvalue weighted by Gasteiger charge is 2.19. The number of nitrogens with zero attached hydrogens (tertiary/aromatic N) is 2. The van der Waals surface area contributed by atoms with Crippen LogP contribution in [0.4, 0.5) is 4.39 Å². The van der Waals surface area contributed by atoms with Crippen molar-refractivity contribution in [1.82, 2.24) is 20.4 Å². The highest BCUT2D eigenvalue weighted by atomic mass is 32.2. The third-order valence-corrected chi connectivity index (χ3v) is 7.92. The average molecular weight is 553 g/mol. The van der Waals surface area contributed by atoms with Gasteiger partial charge in [0.1, 0.15) is 11.6 Å². The van der Waals surface area contributed by atoms with Gasteiger partial charge < -0.3 is 10.1 Å². The first-order chi connectivity index (χ1) is 18.7. The standard InChI is InChI=1S/C29H33FN4O4S/c1-4-22(39(3,36)37)9-5-11-26-23-16-21(13-14-27(23)33-32-26)29(35)31-17-20-8-7-15-34(18-20)19-24-25(30)10-6-12-28(24)38-2/h4-6,9-10,12-14,16-17H,7-8,11,15,18-19H2,1-3H3,(H,31,35)(H,32,33)/b9-5-,20-17-,22-4?. The molecule has 206 valence electrons. The monoisotopic (exact) mass is 552 g/mol. The van der Waals surface area contributed by atoms with Gasteiger partial charge in [0.05, 0.1) is 17.5 Å². The Bertz CT molecular complexity index is 1560. The van der Waals surface area contributed by atoms with Crippen molar-refractivity contribution in [3.63, 3.8) is 0 Å². The molecule has 2 heterocycles. The summed E-state index contributed by atoms with van der Waals surface area (Å²) in [4.78, 5) is 15.3. The van der Waals surface area contributed by atoms with Crippen LogP contribution in [0.5, 0.6) is 5.75 Å². The van der Waals surface area contributed by atoms with Gasteiger partial charge in [0.2, 0.25) is 0 Å². The molecule has 1 aliphatic rings. The summed E-state index contributed by atoms with van der Waals surface area (Å²) in [5.41, 5.74) is 3.58. The number of ether oxygens (including phenoxy) is 1. The second kappa shape index (κ2) is 12.4. The van der Waals surface area contributed by atoms with Gasteiger partial charge in [-0.2, -0.15) is 5.10 Å². The number of likely N-dealkylation sites (tertiary alicyclic amines) is 1. The van der Waals surface area contributed by atoms with Crippen molar-refractivity contribution in [2.24, 2.45) is 0 Å². The van der Waals surface area contributed by atoms with Gasteiger partial charge in [-0.25, -0.2) is 12.8 Å². The number of aromatic amines is 1. The molecule has 0 radical (unpaired) electrons. The van der Waals surface area contributed by atoms with E-state index in [2.05, 4.69) is 20.4 Å². The van der Waals surface area contributed by atoms with E-state index in [1.165, 1.54) is 19.4 Å². The van der Waals surface area contributed by atoms with Crippen LogP contribution in [0, 0.1) is 5.82 Å². The molecule has 1 saturated heterocycles. The maximum absolute atomic E-state index is 14.4. The molecule has 1 aliphatic heterocycles. The summed E-state index contributed by atoms with van der Waals surface area (Å²) in [6, 6.07) is 10.1. The van der Waals surface area contributed by atoms with Gasteiger partial charge in [-0.3, -0.25) is 14.8 Å². The van der Waals surface area contributed by atoms with Crippen molar-refractivity contribution in [3.8, 4) is 5.75 Å². The topological polar surface area (TPSA) is 104 Å². The van der Waals surface area contributed by atoms with E-state index in [1.54, 1.807) is 61.7 Å². The summed E-state index contributed by atoms with van der Waals surface area (Å²) in [5.74, 6) is -0.00393. The van der Waals surface area contributed by atoms with Gasteiger partial charge in [-0.05, 0) is 68.3 Å². The lowest BCUT2D eigenvalue weighted by Crippen LogP contribution is -2.32. The summed E-state index contributed by atoms with van der Waals surface area (Å²) in [6.07, 6.45) is 9.99. The Hall–Kier alpha value is -3.76. The molecular weight excluding hydrogens is 519 g/mol. The lowest BCUT2D eigenvalue weighted by Gasteiger charge is -2.29. The zero-order valence-electron chi connectivity index (χ0n) is 22.3. The summed E-state index contributed by atoms with van der Waals surface area (Å²) in [5, 5.41) is 11.0. The van der Waals surface area contributed by atoms with E-state index in [9.17, 15) is 17.6 Å². The highest BCUT2D eigenvalue weighted by molar-refractivity contribution is 7.94. The fourth-order valence-electron chi connectivity index (χ4n) is 4.67. The number of fused-ring (bicyclic) bond motifs is 1. The molecule has 0 unspecified atom stereocenters. The molecule has 0 spiro atoms. The third-order valence-electron chi connectivity index (χ3n) is 6.70. The Kier molecular flexibility index (Phi) is 8.98. The van der Waals surface area contributed by atoms with Gasteiger partial charge in [-0.15, -0.1) is 0 Å². The third kappa shape index (κ3) is 7.01. The van der Waals surface area contributed by atoms with Crippen LogP contribution in [0.15, 0.2) is 71.3 Å². The minimum Gasteiger partial charge on any atom is -0.496 e. The molecule has 1 aromatic heterocycles. The fourth-order valence-corrected chi connectivity index (χ4v) is 5.44. The van der Waals surface area contributed by atoms with Crippen LogP contribution in [-0.2, 0) is 22.8 Å². The Balaban J connectivity index is 1.42. The maximum Gasteiger partial charge on any atom is 0.255 e. The molecule has 8 nitrogen and oxygen atoms in total. The van der Waals surface area contributed by atoms with Crippen LogP contribution in [0.3, 0.4) is 0 Å². The minimum absolute atomic E-state index is 0.242. The largest absolute Gasteiger partial charge is 0.496 e. The Morgan fingerprint density at radius 3 is 2.85 bits per heavy atom. The van der Waals surface area contributed by atoms with Crippen LogP contribution in [0.2, 0.25) is 0 Å². The number of piperidine rings is 1. The molecule has 2 N–H and O–H groups in total. The number of allylic oxidation sites excluding steroid dienone is 3. The lowest BCUT2D eigenvalue weighted by molar-refractivity contribution is 0.0969. The number of H-pyrrole nitrogens is 1. The predicted octanol–water partition coefficient (Wildman–Crippen LogP) is 4.67. The number of rotatable bonds is 9. The average Bonchev–Trinajstić information content (AvgIpc) is 3.32. The minimum atomic E-state index is -3.29. The molecule has 39 heavy (non-hydrogen) atoms. The van der Waals surface area contributed by atoms with E-state index in [0.717, 1.165) is 36.0 Å². The SMILES string of the molecule is CC=C(/C=C\Cc1[nH]nc2ccc(C(=O)N/C=C3/CCCN(Cc4c(F)cccc4OC)C3)cc12)S(C)(=O)=O. The fraction of sp³-hybridized carbons (Fsp3) is 0.310. The first kappa shape index (κ1) is 28.3. The number of benzene rings is 2. The first-order valence-corrected chi connectivity index (χ1v) is 14.6. The van der Waals surface area contributed by atoms with Crippen LogP contribution in [0.1, 0.15) is 41.4 Å². The highest BCUT2D eigenvalue weighted by Crippen LogP contribution is 2.25. The van der Waals surface area contributed by atoms with E-state index < -0.39 is 9.84 Å². The lowest BCUT2D eigenvalue weighted by atomic mass is 10.0. The van der Waals surface area contributed by atoms with Crippen LogP contribution in [-0.4, -0.2) is 55.9 Å². The number of aromatic nitrogens is 2. The maximum atomic E-state index is 14.4. The normalized spacial score (nSPS) is 16.3. The number of halogens is 1. The van der Waals surface area contributed by atoms with Gasteiger partial charge in [0.25, 0.3) is 5.91 Å². The number of carbonyl (C=O) groups excluding carboxylic acids is 1. The van der Waals surface area contributed by atoms with E-state index in [1.807, 2.05) is 0 Å². The van der Waals surface area contributed by atoms with E-state index in [4.69, 9.17) is 4.74 Å². The summed E-state index contributed by atoms with van der Waals surface area (Å²) in [6.45, 7) is 3.56. The van der Waals surface area contributed by atoms with Gasteiger partial charge in [-0.1, -0.05) is 18.2 Å². The summed E-state index contributed by atoms with van der Waals surface area (Å²) < 4.78 is 43.3. The summed E-state index contributed by atoms with van der Waals surface area (Å²) >= 11 is 0. The van der Waals surface area contributed by atoms with Crippen molar-refractivity contribution >= 4 is 26.6 Å². The number of carbonyl (C=O) groups is 1. The number of amides is 1. The second-order valence-electron chi connectivity index (χ2n) is 9.51. The van der Waals surface area contributed by atoms with E-state index >= 15 is 0 Å². The van der Waals surface area contributed by atoms with Crippen molar-refractivity contribution in [1.29, 1.82) is 0 Å². The van der Waals surface area contributed by atoms with Crippen LogP contribution in [0.25, 0.3) is 10.9 Å². The van der Waals surface area contributed by atoms with Gasteiger partial charge >= 0.3 is 0 Å². The Morgan fingerprint density at radius 1 is 1.28 bits per heavy atom. The summed E-state index contributed by atoms with van der Waals surface area (Å²) in [7, 11) is -1.76. The smallest absolute Gasteiger partial charge is 0.255 e. The number of hydrogen-bond donors (Lipinski definition) is 2. The molecule has 4 rings (SSSR count). The molecule has 1 fully saturated rings. The molecule has 0 saturated carbocycles. The molecule has 3 aromatic rings. The zero-order chi connectivity index (χ0) is 28.0. The zero-order valence-corrected chi connectivity index (χ0v) is 23.1. The predicted molar refractivity (Wildman–Crippen MR) is 151 cm³/mol. The molecule has 0 atom stereocenters. The van der Waals surface area contributed by atoms with Crippen LogP contribution < -0.4 is 10.1 Å². The van der Waals surface area contributed by atoms with Crippen molar-refractivity contribution in [3.05, 3.63) is 93.9 Å². The molecule has 0 bridgehead atoms. The number of sulfone groups is 1. The Morgan fingerprint density at radius 2 is 2.10 bits per heavy atom. The molecule has 2 aromatic carbocycles. The van der Waals surface area contributed by atoms with Crippen molar-refractivity contribution in [2.45, 2.75) is 32.7 Å². The second-order valence-corrected chi connectivity index (χ2v) is 11.5. The van der Waals surface area contributed by atoms with Crippen molar-refractivity contribution < 1.29 is 22.3 Å². The van der Waals surface area contributed by atoms with Gasteiger partial charge in [0.15, 0.2) is 9.84 Å².